The molecule has 0 unspecified atom stereocenters. The van der Waals surface area contributed by atoms with Crippen molar-refractivity contribution in [1.82, 2.24) is 5.32 Å². The highest BCUT2D eigenvalue weighted by atomic mass is 35.5. The number of amides is 1. The van der Waals surface area contributed by atoms with Crippen molar-refractivity contribution in [2.75, 3.05) is 12.4 Å². The molecule has 0 aromatic heterocycles. The molecule has 0 saturated carbocycles. The highest BCUT2D eigenvalue weighted by Gasteiger charge is 2.25. The highest BCUT2D eigenvalue weighted by Crippen LogP contribution is 2.26. The summed E-state index contributed by atoms with van der Waals surface area (Å²) in [6.45, 7) is 4.95. The van der Waals surface area contributed by atoms with Gasteiger partial charge in [0.2, 0.25) is 5.91 Å². The second-order valence-corrected chi connectivity index (χ2v) is 5.72. The SMILES string of the molecule is CCC(CC)(CCl)CNC(=O)CCCc1ccccc1. The Morgan fingerprint density at radius 1 is 1.20 bits per heavy atom. The van der Waals surface area contributed by atoms with Gasteiger partial charge in [-0.25, -0.2) is 0 Å². The standard InChI is InChI=1S/C17H26ClNO/c1-3-17(4-2,13-18)14-19-16(20)12-8-11-15-9-6-5-7-10-15/h5-7,9-10H,3-4,8,11-14H2,1-2H3,(H,19,20). The minimum Gasteiger partial charge on any atom is -0.356 e. The summed E-state index contributed by atoms with van der Waals surface area (Å²) in [5.41, 5.74) is 1.34. The predicted octanol–water partition coefficient (Wildman–Crippen LogP) is 4.17. The fraction of sp³-hybridized carbons (Fsp3) is 0.588. The van der Waals surface area contributed by atoms with Crippen LogP contribution in [-0.4, -0.2) is 18.3 Å². The molecule has 2 nitrogen and oxygen atoms in total. The summed E-state index contributed by atoms with van der Waals surface area (Å²) in [5, 5.41) is 3.04. The summed E-state index contributed by atoms with van der Waals surface area (Å²) in [6.07, 6.45) is 4.42. The molecule has 0 spiro atoms. The van der Waals surface area contributed by atoms with E-state index in [1.54, 1.807) is 0 Å². The van der Waals surface area contributed by atoms with Crippen LogP contribution < -0.4 is 5.32 Å². The quantitative estimate of drug-likeness (QED) is 0.681. The molecule has 1 aromatic carbocycles. The van der Waals surface area contributed by atoms with E-state index in [0.717, 1.165) is 25.7 Å². The molecule has 1 amide bonds. The number of benzene rings is 1. The Labute approximate surface area is 127 Å². The summed E-state index contributed by atoms with van der Waals surface area (Å²) >= 11 is 6.04. The minimum absolute atomic E-state index is 0.0522. The third kappa shape index (κ3) is 5.54. The molecule has 3 heteroatoms. The summed E-state index contributed by atoms with van der Waals surface area (Å²) in [4.78, 5) is 11.9. The van der Waals surface area contributed by atoms with Gasteiger partial charge in [0, 0.05) is 24.3 Å². The number of carbonyl (C=O) groups is 1. The van der Waals surface area contributed by atoms with Crippen molar-refractivity contribution in [3.63, 3.8) is 0 Å². The molecular formula is C17H26ClNO. The lowest BCUT2D eigenvalue weighted by atomic mass is 9.84. The number of halogens is 1. The van der Waals surface area contributed by atoms with E-state index < -0.39 is 0 Å². The molecule has 20 heavy (non-hydrogen) atoms. The third-order valence-corrected chi connectivity index (χ3v) is 4.72. The fourth-order valence-electron chi connectivity index (χ4n) is 2.21. The maximum atomic E-state index is 11.9. The molecule has 0 atom stereocenters. The van der Waals surface area contributed by atoms with Crippen molar-refractivity contribution in [2.24, 2.45) is 5.41 Å². The first-order chi connectivity index (χ1) is 9.65. The Hall–Kier alpha value is -1.02. The van der Waals surface area contributed by atoms with Gasteiger partial charge in [-0.3, -0.25) is 4.79 Å². The van der Waals surface area contributed by atoms with Crippen LogP contribution in [0.5, 0.6) is 0 Å². The van der Waals surface area contributed by atoms with Crippen molar-refractivity contribution in [2.45, 2.75) is 46.0 Å². The van der Waals surface area contributed by atoms with Crippen LogP contribution in [0, 0.1) is 5.41 Å². The van der Waals surface area contributed by atoms with E-state index in [4.69, 9.17) is 11.6 Å². The van der Waals surface area contributed by atoms with Crippen molar-refractivity contribution < 1.29 is 4.79 Å². The fourth-order valence-corrected chi connectivity index (χ4v) is 2.68. The van der Waals surface area contributed by atoms with Crippen LogP contribution in [0.15, 0.2) is 30.3 Å². The van der Waals surface area contributed by atoms with Gasteiger partial charge >= 0.3 is 0 Å². The van der Waals surface area contributed by atoms with Crippen LogP contribution in [0.3, 0.4) is 0 Å². The second-order valence-electron chi connectivity index (χ2n) is 5.46. The first kappa shape index (κ1) is 17.0. The van der Waals surface area contributed by atoms with Crippen LogP contribution >= 0.6 is 11.6 Å². The molecule has 0 radical (unpaired) electrons. The Morgan fingerprint density at radius 2 is 1.85 bits per heavy atom. The lowest BCUT2D eigenvalue weighted by Crippen LogP contribution is -2.38. The van der Waals surface area contributed by atoms with E-state index in [1.807, 2.05) is 18.2 Å². The van der Waals surface area contributed by atoms with Gasteiger partial charge in [-0.2, -0.15) is 0 Å². The summed E-state index contributed by atoms with van der Waals surface area (Å²) in [7, 11) is 0. The smallest absolute Gasteiger partial charge is 0.220 e. The van der Waals surface area contributed by atoms with Crippen molar-refractivity contribution in [1.29, 1.82) is 0 Å². The molecule has 0 saturated heterocycles. The number of nitrogens with one attached hydrogen (secondary N) is 1. The molecule has 1 rings (SSSR count). The molecular weight excluding hydrogens is 270 g/mol. The zero-order valence-electron chi connectivity index (χ0n) is 12.6. The first-order valence-corrected chi connectivity index (χ1v) is 8.06. The third-order valence-electron chi connectivity index (χ3n) is 4.16. The number of hydrogen-bond donors (Lipinski definition) is 1. The lowest BCUT2D eigenvalue weighted by molar-refractivity contribution is -0.121. The van der Waals surface area contributed by atoms with Crippen LogP contribution in [0.25, 0.3) is 0 Å². The molecule has 1 N–H and O–H groups in total. The second kappa shape index (κ2) is 9.02. The Kier molecular flexibility index (Phi) is 7.68. The van der Waals surface area contributed by atoms with E-state index >= 15 is 0 Å². The van der Waals surface area contributed by atoms with Crippen LogP contribution in [0.2, 0.25) is 0 Å². The van der Waals surface area contributed by atoms with Crippen LogP contribution in [-0.2, 0) is 11.2 Å². The van der Waals surface area contributed by atoms with Gasteiger partial charge in [0.05, 0.1) is 0 Å². The number of aryl methyl sites for hydroxylation is 1. The Bertz CT molecular complexity index is 379. The van der Waals surface area contributed by atoms with E-state index in [0.29, 0.717) is 18.8 Å². The van der Waals surface area contributed by atoms with Gasteiger partial charge in [0.15, 0.2) is 0 Å². The maximum Gasteiger partial charge on any atom is 0.220 e. The van der Waals surface area contributed by atoms with E-state index in [-0.39, 0.29) is 11.3 Å². The molecule has 1 aromatic rings. The molecule has 0 aliphatic rings. The van der Waals surface area contributed by atoms with E-state index in [2.05, 4.69) is 31.3 Å². The molecule has 0 fully saturated rings. The maximum absolute atomic E-state index is 11.9. The topological polar surface area (TPSA) is 29.1 Å². The number of alkyl halides is 1. The summed E-state index contributed by atoms with van der Waals surface area (Å²) < 4.78 is 0. The van der Waals surface area contributed by atoms with E-state index in [1.165, 1.54) is 5.56 Å². The van der Waals surface area contributed by atoms with Gasteiger partial charge in [0.25, 0.3) is 0 Å². The molecule has 0 aliphatic heterocycles. The van der Waals surface area contributed by atoms with Gasteiger partial charge < -0.3 is 5.32 Å². The predicted molar refractivity (Wildman–Crippen MR) is 86.1 cm³/mol. The van der Waals surface area contributed by atoms with Crippen LogP contribution in [0.1, 0.15) is 45.1 Å². The molecule has 0 bridgehead atoms. The molecule has 0 aliphatic carbocycles. The Morgan fingerprint density at radius 3 is 2.40 bits per heavy atom. The number of carbonyl (C=O) groups excluding carboxylic acids is 1. The van der Waals surface area contributed by atoms with Crippen molar-refractivity contribution in [3.8, 4) is 0 Å². The molecule has 0 heterocycles. The largest absolute Gasteiger partial charge is 0.356 e. The van der Waals surface area contributed by atoms with Gasteiger partial charge in [0.1, 0.15) is 0 Å². The number of hydrogen-bond acceptors (Lipinski definition) is 1. The zero-order valence-corrected chi connectivity index (χ0v) is 13.4. The monoisotopic (exact) mass is 295 g/mol. The molecule has 112 valence electrons. The lowest BCUT2D eigenvalue weighted by Gasteiger charge is -2.29. The highest BCUT2D eigenvalue weighted by molar-refractivity contribution is 6.18. The van der Waals surface area contributed by atoms with Gasteiger partial charge in [-0.15, -0.1) is 11.6 Å². The summed E-state index contributed by atoms with van der Waals surface area (Å²) in [6, 6.07) is 10.3. The zero-order chi connectivity index (χ0) is 14.8. The van der Waals surface area contributed by atoms with Gasteiger partial charge in [-0.05, 0) is 31.2 Å². The summed E-state index contributed by atoms with van der Waals surface area (Å²) in [5.74, 6) is 0.738. The average Bonchev–Trinajstić information content (AvgIpc) is 2.50. The van der Waals surface area contributed by atoms with Gasteiger partial charge in [-0.1, -0.05) is 44.2 Å². The number of rotatable bonds is 9. The average molecular weight is 296 g/mol. The van der Waals surface area contributed by atoms with Crippen molar-refractivity contribution in [3.05, 3.63) is 35.9 Å². The van der Waals surface area contributed by atoms with Crippen molar-refractivity contribution >= 4 is 17.5 Å². The first-order valence-electron chi connectivity index (χ1n) is 7.52. The normalized spacial score (nSPS) is 11.3. The van der Waals surface area contributed by atoms with E-state index in [9.17, 15) is 4.79 Å². The minimum atomic E-state index is 0.0522. The van der Waals surface area contributed by atoms with Crippen LogP contribution in [0.4, 0.5) is 0 Å². The Balaban J connectivity index is 2.27.